The second-order valence-electron chi connectivity index (χ2n) is 10.7. The van der Waals surface area contributed by atoms with E-state index in [1.807, 2.05) is 18.7 Å². The summed E-state index contributed by atoms with van der Waals surface area (Å²) < 4.78 is 64.3. The van der Waals surface area contributed by atoms with Crippen LogP contribution in [0.3, 0.4) is 0 Å². The fraction of sp³-hybridized carbons (Fsp3) is 0.583. The molecule has 1 amide bonds. The van der Waals surface area contributed by atoms with Gasteiger partial charge in [-0.2, -0.15) is 0 Å². The highest BCUT2D eigenvalue weighted by atomic mass is 32.2. The van der Waals surface area contributed by atoms with Crippen LogP contribution >= 0.6 is 11.3 Å². The molecule has 0 atom stereocenters. The van der Waals surface area contributed by atoms with E-state index >= 15 is 0 Å². The number of anilines is 1. The molecule has 0 radical (unpaired) electrons. The number of benzene rings is 1. The Bertz CT molecular complexity index is 1620. The predicted molar refractivity (Wildman–Crippen MR) is 148 cm³/mol. The number of carbonyl (C=O) groups excluding carboxylic acids is 1. The van der Waals surface area contributed by atoms with Crippen molar-refractivity contribution >= 4 is 44.0 Å². The molecule has 224 valence electrons. The van der Waals surface area contributed by atoms with E-state index in [1.54, 1.807) is 11.8 Å². The summed E-state index contributed by atoms with van der Waals surface area (Å²) in [7, 11) is -4.11. The van der Waals surface area contributed by atoms with Crippen molar-refractivity contribution in [3.63, 3.8) is 0 Å². The van der Waals surface area contributed by atoms with Crippen LogP contribution in [0.25, 0.3) is 16.2 Å². The number of hydrogen-bond donors (Lipinski definition) is 2. The molecule has 0 spiro atoms. The van der Waals surface area contributed by atoms with Gasteiger partial charge in [0.05, 0.1) is 40.4 Å². The number of ether oxygens (including phenoxy) is 1. The number of fused-ring (bicyclic) bond motifs is 1. The van der Waals surface area contributed by atoms with E-state index < -0.39 is 32.7 Å². The van der Waals surface area contributed by atoms with Crippen molar-refractivity contribution in [2.24, 2.45) is 11.7 Å². The average Bonchev–Trinajstić information content (AvgIpc) is 3.50. The zero-order chi connectivity index (χ0) is 29.7. The molecule has 2 saturated heterocycles. The Morgan fingerprint density at radius 2 is 1.88 bits per heavy atom. The second-order valence-corrected chi connectivity index (χ2v) is 13.4. The molecule has 2 aliphatic rings. The van der Waals surface area contributed by atoms with Crippen LogP contribution in [0.1, 0.15) is 32.2 Å². The number of aromatic nitrogens is 4. The molecule has 0 saturated carbocycles. The van der Waals surface area contributed by atoms with Gasteiger partial charge in [0.2, 0.25) is 21.1 Å². The van der Waals surface area contributed by atoms with Crippen molar-refractivity contribution in [2.45, 2.75) is 44.2 Å². The summed E-state index contributed by atoms with van der Waals surface area (Å²) in [4.78, 5) is 29.9. The summed E-state index contributed by atoms with van der Waals surface area (Å²) in [5, 5.41) is 6.65. The van der Waals surface area contributed by atoms with Gasteiger partial charge in [0, 0.05) is 45.2 Å². The van der Waals surface area contributed by atoms with E-state index in [2.05, 4.69) is 14.9 Å². The molecule has 2 aliphatic heterocycles. The summed E-state index contributed by atoms with van der Waals surface area (Å²) in [5.74, 6) is -0.151. The summed E-state index contributed by atoms with van der Waals surface area (Å²) in [6, 6.07) is 2.83. The topological polar surface area (TPSA) is 158 Å². The first-order valence-corrected chi connectivity index (χ1v) is 15.4. The van der Waals surface area contributed by atoms with E-state index in [0.717, 1.165) is 4.57 Å². The quantitative estimate of drug-likeness (QED) is 0.358. The van der Waals surface area contributed by atoms with Crippen LogP contribution in [-0.4, -0.2) is 90.0 Å². The highest BCUT2D eigenvalue weighted by Crippen LogP contribution is 2.34. The molecule has 3 N–H and O–H groups in total. The molecule has 5 rings (SSSR count). The van der Waals surface area contributed by atoms with Gasteiger partial charge in [-0.3, -0.25) is 9.36 Å². The van der Waals surface area contributed by atoms with Gasteiger partial charge < -0.3 is 20.3 Å². The number of carbonyl (C=O) groups is 1. The molecule has 0 unspecified atom stereocenters. The zero-order valence-electron chi connectivity index (χ0n) is 22.8. The zero-order valence-corrected chi connectivity index (χ0v) is 24.5. The van der Waals surface area contributed by atoms with Gasteiger partial charge in [-0.1, -0.05) is 25.2 Å². The molecule has 4 heterocycles. The van der Waals surface area contributed by atoms with Crippen LogP contribution in [0.4, 0.5) is 14.5 Å². The predicted octanol–water partition coefficient (Wildman–Crippen LogP) is 0.912. The lowest BCUT2D eigenvalue weighted by molar-refractivity contribution is -0.134. The van der Waals surface area contributed by atoms with Gasteiger partial charge in [-0.25, -0.2) is 31.3 Å². The van der Waals surface area contributed by atoms with Crippen molar-refractivity contribution < 1.29 is 26.7 Å². The van der Waals surface area contributed by atoms with Gasteiger partial charge in [0.1, 0.15) is 0 Å². The Kier molecular flexibility index (Phi) is 7.92. The smallest absolute Gasteiger partial charge is 0.335 e. The van der Waals surface area contributed by atoms with Crippen molar-refractivity contribution in [1.29, 1.82) is 0 Å². The molecule has 17 heteroatoms. The lowest BCUT2D eigenvalue weighted by Crippen LogP contribution is -2.59. The molecule has 3 aromatic rings. The third-order valence-corrected chi connectivity index (χ3v) is 9.63. The number of rotatable bonds is 9. The molecule has 1 aromatic carbocycles. The highest BCUT2D eigenvalue weighted by molar-refractivity contribution is 7.89. The summed E-state index contributed by atoms with van der Waals surface area (Å²) in [5.41, 5.74) is 5.42. The highest BCUT2D eigenvalue weighted by Gasteiger charge is 2.39. The van der Waals surface area contributed by atoms with Crippen molar-refractivity contribution in [3.8, 4) is 5.13 Å². The fourth-order valence-corrected chi connectivity index (χ4v) is 7.18. The first-order valence-electron chi connectivity index (χ1n) is 13.1. The van der Waals surface area contributed by atoms with Crippen molar-refractivity contribution in [3.05, 3.63) is 27.6 Å². The lowest BCUT2D eigenvalue weighted by Gasteiger charge is -2.38. The maximum absolute atomic E-state index is 13.7. The number of alkyl halides is 2. The number of piperazine rings is 1. The molecule has 41 heavy (non-hydrogen) atoms. The number of nitrogens with one attached hydrogen (secondary N) is 1. The molecular weight excluding hydrogens is 582 g/mol. The Morgan fingerprint density at radius 1 is 1.20 bits per heavy atom. The van der Waals surface area contributed by atoms with Gasteiger partial charge in [0.15, 0.2) is 5.01 Å². The minimum Gasteiger partial charge on any atom is -0.377 e. The maximum atomic E-state index is 13.7. The first-order chi connectivity index (χ1) is 19.3. The first kappa shape index (κ1) is 29.5. The van der Waals surface area contributed by atoms with Crippen LogP contribution in [0.5, 0.6) is 0 Å². The van der Waals surface area contributed by atoms with Gasteiger partial charge in [-0.05, 0) is 19.1 Å². The van der Waals surface area contributed by atoms with Crippen LogP contribution in [0.2, 0.25) is 0 Å². The summed E-state index contributed by atoms with van der Waals surface area (Å²) in [6.07, 6.45) is -2.89. The minimum atomic E-state index is -4.11. The number of nitrogens with zero attached hydrogens (tertiary/aromatic N) is 6. The second kappa shape index (κ2) is 11.0. The number of halogens is 2. The van der Waals surface area contributed by atoms with Gasteiger partial charge in [-0.15, -0.1) is 10.2 Å². The normalized spacial score (nSPS) is 17.6. The van der Waals surface area contributed by atoms with E-state index in [1.165, 1.54) is 16.7 Å². The Morgan fingerprint density at radius 3 is 2.41 bits per heavy atom. The summed E-state index contributed by atoms with van der Waals surface area (Å²) >= 11 is 0.545. The third kappa shape index (κ3) is 5.48. The molecule has 2 fully saturated rings. The number of nitrogens with two attached hydrogens (primary N) is 1. The van der Waals surface area contributed by atoms with Gasteiger partial charge >= 0.3 is 5.69 Å². The Hall–Kier alpha value is -2.99. The minimum absolute atomic E-state index is 0.0172. The summed E-state index contributed by atoms with van der Waals surface area (Å²) in [6.45, 7) is 7.52. The van der Waals surface area contributed by atoms with E-state index in [0.29, 0.717) is 48.7 Å². The van der Waals surface area contributed by atoms with E-state index in [9.17, 15) is 26.8 Å². The number of hydrogen-bond acceptors (Lipinski definition) is 10. The Labute approximate surface area is 238 Å². The standard InChI is InChI=1S/C24H32F2N8O5S2/c1-14(2)21(35)32-8-6-31(7-9-32)16-10-15(41(37,38)30-24(3)12-39-13-24)11-17-18(16)33(5-4-27)23(36)34(17)22-29-28-20(40-22)19(25)26/h10-11,14,19,30H,4-9,12-13,27H2,1-3H3. The molecule has 2 aromatic heterocycles. The van der Waals surface area contributed by atoms with Gasteiger partial charge in [0.25, 0.3) is 6.43 Å². The number of amides is 1. The third-order valence-electron chi connectivity index (χ3n) is 7.10. The molecule has 13 nitrogen and oxygen atoms in total. The maximum Gasteiger partial charge on any atom is 0.335 e. The molecule has 0 bridgehead atoms. The van der Waals surface area contributed by atoms with Crippen molar-refractivity contribution in [2.75, 3.05) is 50.8 Å². The Balaban J connectivity index is 1.70. The molecular formula is C24H32F2N8O5S2. The average molecular weight is 615 g/mol. The number of sulfonamides is 1. The number of imidazole rings is 1. The van der Waals surface area contributed by atoms with Crippen LogP contribution < -0.4 is 21.0 Å². The van der Waals surface area contributed by atoms with Crippen LogP contribution in [0.15, 0.2) is 21.8 Å². The van der Waals surface area contributed by atoms with Crippen LogP contribution in [0, 0.1) is 5.92 Å². The van der Waals surface area contributed by atoms with Crippen LogP contribution in [-0.2, 0) is 26.1 Å². The van der Waals surface area contributed by atoms with E-state index in [-0.39, 0.29) is 53.7 Å². The monoisotopic (exact) mass is 614 g/mol. The fourth-order valence-electron chi connectivity index (χ4n) is 5.05. The van der Waals surface area contributed by atoms with Crippen molar-refractivity contribution in [1.82, 2.24) is 29.0 Å². The largest absolute Gasteiger partial charge is 0.377 e. The molecule has 0 aliphatic carbocycles. The van der Waals surface area contributed by atoms with E-state index in [4.69, 9.17) is 10.5 Å². The lowest BCUT2D eigenvalue weighted by atomic mass is 10.0. The SMILES string of the molecule is CC(C)C(=O)N1CCN(c2cc(S(=O)(=O)NC3(C)COC3)cc3c2n(CCN)c(=O)n3-c2nnc(C(F)F)s2)CC1.